The number of benzene rings is 1. The highest BCUT2D eigenvalue weighted by Crippen LogP contribution is 2.27. The third-order valence-electron chi connectivity index (χ3n) is 4.85. The number of Topliss-reactive ketones (excluding diaryl/α,β-unsaturated/α-hetero) is 1. The Bertz CT molecular complexity index is 774. The van der Waals surface area contributed by atoms with Gasteiger partial charge in [0.15, 0.2) is 29.1 Å². The minimum atomic E-state index is -1.75. The number of nitrogens with two attached hydrogens (primary N) is 1. The second-order valence-corrected chi connectivity index (χ2v) is 7.08. The van der Waals surface area contributed by atoms with E-state index in [1.165, 1.54) is 0 Å². The number of hydrogen-bond donors (Lipinski definition) is 4. The maximum Gasteiger partial charge on any atom is 0.223 e. The molecular weight excluding hydrogens is 408 g/mol. The molecule has 1 unspecified atom stereocenters. The lowest BCUT2D eigenvalue weighted by Crippen LogP contribution is -2.45. The third kappa shape index (κ3) is 6.33. The van der Waals surface area contributed by atoms with Crippen LogP contribution in [0.5, 0.6) is 5.75 Å². The molecule has 1 aliphatic carbocycles. The van der Waals surface area contributed by atoms with E-state index < -0.39 is 47.5 Å². The molecule has 11 heteroatoms. The zero-order chi connectivity index (χ0) is 22.3. The Kier molecular flexibility index (Phi) is 8.43. The zero-order valence-electron chi connectivity index (χ0n) is 16.2. The monoisotopic (exact) mass is 432 g/mol. The van der Waals surface area contributed by atoms with Crippen LogP contribution in [0.1, 0.15) is 38.5 Å². The maximum atomic E-state index is 13.7. The van der Waals surface area contributed by atoms with Crippen molar-refractivity contribution in [2.45, 2.75) is 44.6 Å². The Labute approximate surface area is 170 Å². The van der Waals surface area contributed by atoms with Crippen molar-refractivity contribution in [3.8, 4) is 5.75 Å². The summed E-state index contributed by atoms with van der Waals surface area (Å²) in [5, 5.41) is 12.3. The van der Waals surface area contributed by atoms with E-state index >= 15 is 0 Å². The summed E-state index contributed by atoms with van der Waals surface area (Å²) >= 11 is 0. The Morgan fingerprint density at radius 1 is 1.17 bits per heavy atom. The molecule has 0 aromatic heterocycles. The van der Waals surface area contributed by atoms with Crippen molar-refractivity contribution < 1.29 is 31.9 Å². The SMILES string of the molecule is N=C(N)NCCCC(NC(=O)C1CCCC1)C(=O)COc1c(F)c(F)cc(F)c1F. The standard InChI is InChI=1S/C19H24F4N4O3/c20-11-8-12(21)16(23)17(15(11)22)30-9-14(28)13(6-3-7-26-19(24)25)27-18(29)10-4-1-2-5-10/h8,10,13H,1-7,9H2,(H,27,29)(H4,24,25,26). The Hall–Kier alpha value is -2.85. The van der Waals surface area contributed by atoms with E-state index in [1.54, 1.807) is 0 Å². The molecule has 1 atom stereocenters. The molecule has 0 radical (unpaired) electrons. The summed E-state index contributed by atoms with van der Waals surface area (Å²) in [6.45, 7) is -0.635. The predicted molar refractivity (Wildman–Crippen MR) is 99.8 cm³/mol. The van der Waals surface area contributed by atoms with Gasteiger partial charge in [-0.15, -0.1) is 0 Å². The molecule has 7 nitrogen and oxygen atoms in total. The summed E-state index contributed by atoms with van der Waals surface area (Å²) in [4.78, 5) is 24.9. The molecule has 1 fully saturated rings. The average molecular weight is 432 g/mol. The third-order valence-corrected chi connectivity index (χ3v) is 4.85. The second kappa shape index (κ2) is 10.8. The lowest BCUT2D eigenvalue weighted by atomic mass is 10.0. The van der Waals surface area contributed by atoms with Gasteiger partial charge in [0.1, 0.15) is 6.61 Å². The molecule has 0 aliphatic heterocycles. The van der Waals surface area contributed by atoms with E-state index in [4.69, 9.17) is 15.9 Å². The molecule has 1 aromatic carbocycles. The summed E-state index contributed by atoms with van der Waals surface area (Å²) in [5.74, 6) is -9.64. The van der Waals surface area contributed by atoms with Crippen molar-refractivity contribution in [1.29, 1.82) is 5.41 Å². The lowest BCUT2D eigenvalue weighted by molar-refractivity contribution is -0.131. The number of guanidine groups is 1. The summed E-state index contributed by atoms with van der Waals surface area (Å²) in [7, 11) is 0. The van der Waals surface area contributed by atoms with Crippen molar-refractivity contribution in [3.63, 3.8) is 0 Å². The number of amides is 1. The van der Waals surface area contributed by atoms with Gasteiger partial charge in [0.2, 0.25) is 17.5 Å². The largest absolute Gasteiger partial charge is 0.479 e. The summed E-state index contributed by atoms with van der Waals surface area (Å²) in [6.07, 6.45) is 3.71. The molecule has 1 saturated carbocycles. The van der Waals surface area contributed by atoms with Gasteiger partial charge >= 0.3 is 0 Å². The van der Waals surface area contributed by atoms with Crippen LogP contribution < -0.4 is 21.1 Å². The van der Waals surface area contributed by atoms with Gasteiger partial charge in [0.25, 0.3) is 0 Å². The highest BCUT2D eigenvalue weighted by atomic mass is 19.2. The fraction of sp³-hybridized carbons (Fsp3) is 0.526. The molecule has 0 spiro atoms. The van der Waals surface area contributed by atoms with Crippen molar-refractivity contribution in [3.05, 3.63) is 29.3 Å². The molecule has 0 heterocycles. The van der Waals surface area contributed by atoms with Crippen molar-refractivity contribution in [2.75, 3.05) is 13.2 Å². The van der Waals surface area contributed by atoms with E-state index in [1.807, 2.05) is 0 Å². The van der Waals surface area contributed by atoms with Crippen LogP contribution in [0, 0.1) is 34.6 Å². The normalized spacial score (nSPS) is 14.9. The molecule has 0 bridgehead atoms. The summed E-state index contributed by atoms with van der Waals surface area (Å²) in [5.41, 5.74) is 5.18. The van der Waals surface area contributed by atoms with Gasteiger partial charge in [-0.2, -0.15) is 8.78 Å². The smallest absolute Gasteiger partial charge is 0.223 e. The van der Waals surface area contributed by atoms with Crippen LogP contribution in [0.15, 0.2) is 6.07 Å². The number of halogens is 4. The number of ketones is 1. The quantitative estimate of drug-likeness (QED) is 0.149. The Balaban J connectivity index is 2.03. The van der Waals surface area contributed by atoms with Crippen LogP contribution in [-0.2, 0) is 9.59 Å². The van der Waals surface area contributed by atoms with E-state index in [0.717, 1.165) is 12.8 Å². The lowest BCUT2D eigenvalue weighted by Gasteiger charge is -2.20. The van der Waals surface area contributed by atoms with Gasteiger partial charge in [-0.25, -0.2) is 8.78 Å². The number of ether oxygens (including phenoxy) is 1. The minimum Gasteiger partial charge on any atom is -0.479 e. The number of hydrogen-bond acceptors (Lipinski definition) is 4. The summed E-state index contributed by atoms with van der Waals surface area (Å²) < 4.78 is 58.7. The first-order valence-electron chi connectivity index (χ1n) is 9.57. The first-order chi connectivity index (χ1) is 14.2. The van der Waals surface area contributed by atoms with Crippen LogP contribution in [0.25, 0.3) is 0 Å². The van der Waals surface area contributed by atoms with Crippen molar-refractivity contribution in [2.24, 2.45) is 11.7 Å². The summed E-state index contributed by atoms with van der Waals surface area (Å²) in [6, 6.07) is -0.997. The Morgan fingerprint density at radius 3 is 2.33 bits per heavy atom. The fourth-order valence-electron chi connectivity index (χ4n) is 3.24. The molecule has 2 rings (SSSR count). The van der Waals surface area contributed by atoms with E-state index in [9.17, 15) is 27.2 Å². The molecule has 30 heavy (non-hydrogen) atoms. The van der Waals surface area contributed by atoms with Gasteiger partial charge < -0.3 is 21.1 Å². The van der Waals surface area contributed by atoms with Crippen LogP contribution in [0.4, 0.5) is 17.6 Å². The van der Waals surface area contributed by atoms with Gasteiger partial charge in [-0.05, 0) is 25.7 Å². The molecule has 1 amide bonds. The predicted octanol–water partition coefficient (Wildman–Crippen LogP) is 2.13. The number of rotatable bonds is 10. The maximum absolute atomic E-state index is 13.7. The van der Waals surface area contributed by atoms with Crippen LogP contribution >= 0.6 is 0 Å². The van der Waals surface area contributed by atoms with Crippen molar-refractivity contribution >= 4 is 17.6 Å². The van der Waals surface area contributed by atoms with Crippen molar-refractivity contribution in [1.82, 2.24) is 10.6 Å². The molecule has 5 N–H and O–H groups in total. The number of nitrogens with one attached hydrogen (secondary N) is 3. The minimum absolute atomic E-state index is 0.0337. The number of carbonyl (C=O) groups is 2. The van der Waals surface area contributed by atoms with Crippen LogP contribution in [0.2, 0.25) is 0 Å². The van der Waals surface area contributed by atoms with Gasteiger partial charge in [-0.3, -0.25) is 15.0 Å². The first-order valence-corrected chi connectivity index (χ1v) is 9.57. The fourth-order valence-corrected chi connectivity index (χ4v) is 3.24. The Morgan fingerprint density at radius 2 is 1.77 bits per heavy atom. The highest BCUT2D eigenvalue weighted by molar-refractivity contribution is 5.90. The zero-order valence-corrected chi connectivity index (χ0v) is 16.2. The molecule has 1 aliphatic rings. The average Bonchev–Trinajstić information content (AvgIpc) is 3.23. The molecule has 1 aromatic rings. The first kappa shape index (κ1) is 23.4. The molecule has 0 saturated heterocycles. The van der Waals surface area contributed by atoms with E-state index in [-0.39, 0.29) is 36.8 Å². The van der Waals surface area contributed by atoms with E-state index in [0.29, 0.717) is 19.3 Å². The van der Waals surface area contributed by atoms with Crippen LogP contribution in [0.3, 0.4) is 0 Å². The van der Waals surface area contributed by atoms with Gasteiger partial charge in [0.05, 0.1) is 6.04 Å². The van der Waals surface area contributed by atoms with Gasteiger partial charge in [0, 0.05) is 18.5 Å². The van der Waals surface area contributed by atoms with Gasteiger partial charge in [-0.1, -0.05) is 12.8 Å². The molecule has 166 valence electrons. The van der Waals surface area contributed by atoms with E-state index in [2.05, 4.69) is 10.6 Å². The molecular formula is C19H24F4N4O3. The topological polar surface area (TPSA) is 117 Å². The van der Waals surface area contributed by atoms with Crippen LogP contribution in [-0.4, -0.2) is 36.8 Å². The second-order valence-electron chi connectivity index (χ2n) is 7.08. The highest BCUT2D eigenvalue weighted by Gasteiger charge is 2.28. The number of carbonyl (C=O) groups excluding carboxylic acids is 2.